The summed E-state index contributed by atoms with van der Waals surface area (Å²) in [6.45, 7) is 2.09. The second-order valence-electron chi connectivity index (χ2n) is 11.0. The highest BCUT2D eigenvalue weighted by Crippen LogP contribution is 2.37. The predicted molar refractivity (Wildman–Crippen MR) is 202 cm³/mol. The lowest BCUT2D eigenvalue weighted by molar-refractivity contribution is -0.384. The number of hydrogen-bond donors (Lipinski definition) is 0. The van der Waals surface area contributed by atoms with Crippen molar-refractivity contribution in [2.45, 2.75) is 24.5 Å². The Labute approximate surface area is 309 Å². The number of nitro benzene ring substituents is 1. The molecule has 0 bridgehead atoms. The Morgan fingerprint density at radius 2 is 1.80 bits per heavy atom. The number of hydrogen-bond acceptors (Lipinski definition) is 10. The van der Waals surface area contributed by atoms with Crippen LogP contribution in [0, 0.1) is 13.7 Å². The van der Waals surface area contributed by atoms with Gasteiger partial charge in [0.15, 0.2) is 16.3 Å². The summed E-state index contributed by atoms with van der Waals surface area (Å²) in [6, 6.07) is 26.3. The summed E-state index contributed by atoms with van der Waals surface area (Å²) in [6.07, 6.45) is 3.77. The van der Waals surface area contributed by atoms with Crippen molar-refractivity contribution >= 4 is 69.1 Å². The molecule has 1 aliphatic rings. The molecule has 4 aromatic carbocycles. The summed E-state index contributed by atoms with van der Waals surface area (Å²) in [5.41, 5.74) is 3.41. The first kappa shape index (κ1) is 35.1. The van der Waals surface area contributed by atoms with Crippen molar-refractivity contribution in [3.8, 4) is 11.5 Å². The quantitative estimate of drug-likeness (QED) is 0.0472. The van der Waals surface area contributed by atoms with Gasteiger partial charge in [0.05, 0.1) is 44.1 Å². The van der Waals surface area contributed by atoms with Crippen molar-refractivity contribution < 1.29 is 23.9 Å². The molecule has 254 valence electrons. The van der Waals surface area contributed by atoms with Crippen molar-refractivity contribution in [2.24, 2.45) is 4.99 Å². The average molecular weight is 820 g/mol. The van der Waals surface area contributed by atoms with Crippen molar-refractivity contribution in [3.05, 3.63) is 152 Å². The number of rotatable bonds is 11. The van der Waals surface area contributed by atoms with Gasteiger partial charge in [-0.25, -0.2) is 9.79 Å². The fourth-order valence-corrected chi connectivity index (χ4v) is 7.72. The van der Waals surface area contributed by atoms with Gasteiger partial charge >= 0.3 is 5.97 Å². The topological polar surface area (TPSA) is 122 Å². The number of methoxy groups -OCH3 is 1. The standard InChI is InChI=1S/C37H30IN3O7S2/c1-4-47-36(43)31-32(24-8-6-5-7-9-24)39-37-40(33(31)25-12-16-27(49-3)17-13-25)35(42)30(50-37)20-23-18-28(38)34(29(19-23)46-2)48-21-22-10-14-26(15-11-22)41(44)45/h5-20,33H,4,21H2,1-3H3/b30-20-/t33-/m0/s1. The van der Waals surface area contributed by atoms with E-state index in [0.717, 1.165) is 25.2 Å². The van der Waals surface area contributed by atoms with Crippen molar-refractivity contribution in [3.63, 3.8) is 0 Å². The van der Waals surface area contributed by atoms with Gasteiger partial charge in [-0.2, -0.15) is 0 Å². The largest absolute Gasteiger partial charge is 0.493 e. The number of nitro groups is 1. The smallest absolute Gasteiger partial charge is 0.338 e. The number of thioether (sulfide) groups is 1. The average Bonchev–Trinajstić information content (AvgIpc) is 3.44. The third kappa shape index (κ3) is 7.25. The van der Waals surface area contributed by atoms with Gasteiger partial charge in [-0.05, 0) is 94.9 Å². The van der Waals surface area contributed by atoms with Gasteiger partial charge in [0, 0.05) is 22.6 Å². The number of ether oxygens (including phenoxy) is 3. The second-order valence-corrected chi connectivity index (χ2v) is 14.0. The second kappa shape index (κ2) is 15.4. The number of nitrogens with zero attached hydrogens (tertiary/aromatic N) is 3. The Kier molecular flexibility index (Phi) is 10.8. The van der Waals surface area contributed by atoms with Crippen LogP contribution in [0.25, 0.3) is 11.8 Å². The Hall–Kier alpha value is -4.73. The first-order chi connectivity index (χ1) is 24.2. The molecule has 1 aliphatic heterocycles. The zero-order valence-corrected chi connectivity index (χ0v) is 30.9. The van der Waals surface area contributed by atoms with Crippen LogP contribution in [0.5, 0.6) is 11.5 Å². The molecule has 1 aromatic heterocycles. The molecule has 6 rings (SSSR count). The van der Waals surface area contributed by atoms with E-state index < -0.39 is 16.9 Å². The summed E-state index contributed by atoms with van der Waals surface area (Å²) >= 11 is 4.99. The van der Waals surface area contributed by atoms with E-state index in [9.17, 15) is 19.7 Å². The van der Waals surface area contributed by atoms with Crippen molar-refractivity contribution in [1.29, 1.82) is 0 Å². The van der Waals surface area contributed by atoms with Crippen LogP contribution in [0.3, 0.4) is 0 Å². The minimum Gasteiger partial charge on any atom is -0.493 e. The normalized spacial score (nSPS) is 14.2. The number of thiazole rings is 1. The summed E-state index contributed by atoms with van der Waals surface area (Å²) in [5, 5.41) is 11.0. The molecule has 0 N–H and O–H groups in total. The van der Waals surface area contributed by atoms with E-state index in [0.29, 0.717) is 37.7 Å². The molecule has 5 aromatic rings. The van der Waals surface area contributed by atoms with E-state index in [2.05, 4.69) is 22.6 Å². The zero-order valence-electron chi connectivity index (χ0n) is 27.1. The molecular formula is C37H30IN3O7S2. The minimum absolute atomic E-state index is 0.00349. The molecular weight excluding hydrogens is 789 g/mol. The molecule has 0 amide bonds. The van der Waals surface area contributed by atoms with Gasteiger partial charge in [-0.1, -0.05) is 53.8 Å². The van der Waals surface area contributed by atoms with E-state index in [4.69, 9.17) is 19.2 Å². The Balaban J connectivity index is 1.45. The molecule has 0 saturated carbocycles. The molecule has 0 radical (unpaired) electrons. The maximum Gasteiger partial charge on any atom is 0.338 e. The Bertz CT molecular complexity index is 2290. The van der Waals surface area contributed by atoms with Crippen LogP contribution in [-0.2, 0) is 16.1 Å². The van der Waals surface area contributed by atoms with Crippen LogP contribution >= 0.6 is 45.7 Å². The van der Waals surface area contributed by atoms with E-state index in [1.54, 1.807) is 47.5 Å². The molecule has 10 nitrogen and oxygen atoms in total. The molecule has 13 heteroatoms. The maximum absolute atomic E-state index is 14.3. The SMILES string of the molecule is CCOC(=O)C1=C(c2ccccc2)N=c2s/c(=C\c3cc(I)c(OCc4ccc([N+](=O)[O-])cc4)c(OC)c3)c(=O)n2[C@H]1c1ccc(SC)cc1. The molecule has 0 saturated heterocycles. The van der Waals surface area contributed by atoms with Gasteiger partial charge < -0.3 is 14.2 Å². The van der Waals surface area contributed by atoms with Gasteiger partial charge in [0.1, 0.15) is 6.61 Å². The zero-order chi connectivity index (χ0) is 35.4. The number of esters is 1. The molecule has 1 atom stereocenters. The van der Waals surface area contributed by atoms with Crippen LogP contribution in [0.15, 0.2) is 111 Å². The maximum atomic E-state index is 14.3. The molecule has 0 aliphatic carbocycles. The highest BCUT2D eigenvalue weighted by atomic mass is 127. The van der Waals surface area contributed by atoms with Crippen LogP contribution in [0.1, 0.15) is 35.2 Å². The molecule has 50 heavy (non-hydrogen) atoms. The fraction of sp³-hybridized carbons (Fsp3) is 0.162. The van der Waals surface area contributed by atoms with Gasteiger partial charge in [0.25, 0.3) is 11.2 Å². The number of carbonyl (C=O) groups excluding carboxylic acids is 1. The first-order valence-electron chi connectivity index (χ1n) is 15.4. The van der Waals surface area contributed by atoms with E-state index >= 15 is 0 Å². The summed E-state index contributed by atoms with van der Waals surface area (Å²) < 4.78 is 20.1. The number of non-ortho nitro benzene ring substituents is 1. The predicted octanol–water partition coefficient (Wildman–Crippen LogP) is 6.76. The summed E-state index contributed by atoms with van der Waals surface area (Å²) in [4.78, 5) is 45.0. The van der Waals surface area contributed by atoms with Crippen LogP contribution in [0.4, 0.5) is 5.69 Å². The van der Waals surface area contributed by atoms with Crippen molar-refractivity contribution in [2.75, 3.05) is 20.0 Å². The van der Waals surface area contributed by atoms with Crippen LogP contribution in [-0.4, -0.2) is 35.4 Å². The highest BCUT2D eigenvalue weighted by molar-refractivity contribution is 14.1. The van der Waals surface area contributed by atoms with E-state index in [1.165, 1.54) is 30.6 Å². The highest BCUT2D eigenvalue weighted by Gasteiger charge is 2.35. The van der Waals surface area contributed by atoms with Gasteiger partial charge in [-0.15, -0.1) is 11.8 Å². The fourth-order valence-electron chi connectivity index (χ4n) is 5.53. The van der Waals surface area contributed by atoms with Gasteiger partial charge in [-0.3, -0.25) is 19.5 Å². The monoisotopic (exact) mass is 819 g/mol. The number of benzene rings is 4. The summed E-state index contributed by atoms with van der Waals surface area (Å²) in [7, 11) is 1.53. The molecule has 0 unspecified atom stereocenters. The third-order valence-corrected chi connectivity index (χ3v) is 10.4. The Morgan fingerprint density at radius 1 is 1.08 bits per heavy atom. The first-order valence-corrected chi connectivity index (χ1v) is 18.5. The van der Waals surface area contributed by atoms with Crippen LogP contribution in [0.2, 0.25) is 0 Å². The lowest BCUT2D eigenvalue weighted by Gasteiger charge is -2.26. The van der Waals surface area contributed by atoms with Crippen LogP contribution < -0.4 is 24.4 Å². The minimum atomic E-state index is -0.775. The van der Waals surface area contributed by atoms with E-state index in [-0.39, 0.29) is 24.5 Å². The van der Waals surface area contributed by atoms with Gasteiger partial charge in [0.2, 0.25) is 0 Å². The molecule has 0 fully saturated rings. The van der Waals surface area contributed by atoms with E-state index in [1.807, 2.05) is 66.9 Å². The molecule has 2 heterocycles. The lowest BCUT2D eigenvalue weighted by Crippen LogP contribution is -2.40. The molecule has 0 spiro atoms. The lowest BCUT2D eigenvalue weighted by atomic mass is 9.93. The third-order valence-electron chi connectivity index (χ3n) is 7.89. The number of aromatic nitrogens is 1. The number of fused-ring (bicyclic) bond motifs is 1. The van der Waals surface area contributed by atoms with Crippen molar-refractivity contribution in [1.82, 2.24) is 4.57 Å². The Morgan fingerprint density at radius 3 is 2.44 bits per heavy atom. The number of carbonyl (C=O) groups is 1. The summed E-state index contributed by atoms with van der Waals surface area (Å²) in [5.74, 6) is 0.429. The number of halogens is 1.